The van der Waals surface area contributed by atoms with Crippen molar-refractivity contribution in [1.82, 2.24) is 4.98 Å². The van der Waals surface area contributed by atoms with Gasteiger partial charge < -0.3 is 15.4 Å². The first-order valence-electron chi connectivity index (χ1n) is 6.22. The molecule has 1 aliphatic heterocycles. The molecule has 1 saturated heterocycles. The van der Waals surface area contributed by atoms with E-state index in [2.05, 4.69) is 29.9 Å². The molecule has 1 aromatic rings. The molecule has 2 atom stereocenters. The van der Waals surface area contributed by atoms with Gasteiger partial charge in [0.05, 0.1) is 12.1 Å². The van der Waals surface area contributed by atoms with Crippen molar-refractivity contribution in [3.8, 4) is 0 Å². The lowest BCUT2D eigenvalue weighted by Crippen LogP contribution is -2.38. The summed E-state index contributed by atoms with van der Waals surface area (Å²) < 4.78 is 5.61. The van der Waals surface area contributed by atoms with E-state index in [9.17, 15) is 0 Å². The number of hydrogen-bond donors (Lipinski definition) is 1. The number of rotatable bonds is 4. The van der Waals surface area contributed by atoms with Crippen molar-refractivity contribution in [2.45, 2.75) is 31.9 Å². The van der Waals surface area contributed by atoms with Gasteiger partial charge in [0.25, 0.3) is 0 Å². The van der Waals surface area contributed by atoms with Gasteiger partial charge in [-0.15, -0.1) is 0 Å². The molecule has 4 nitrogen and oxygen atoms in total. The van der Waals surface area contributed by atoms with Gasteiger partial charge in [0, 0.05) is 19.9 Å². The van der Waals surface area contributed by atoms with E-state index in [1.165, 1.54) is 5.56 Å². The summed E-state index contributed by atoms with van der Waals surface area (Å²) in [6.07, 6.45) is 4.05. The third kappa shape index (κ3) is 2.58. The van der Waals surface area contributed by atoms with E-state index >= 15 is 0 Å². The van der Waals surface area contributed by atoms with E-state index in [-0.39, 0.29) is 6.10 Å². The van der Waals surface area contributed by atoms with Gasteiger partial charge in [0.2, 0.25) is 0 Å². The first kappa shape index (κ1) is 12.3. The number of anilines is 1. The Balaban J connectivity index is 2.20. The van der Waals surface area contributed by atoms with Gasteiger partial charge in [-0.2, -0.15) is 0 Å². The Hall–Kier alpha value is -1.13. The van der Waals surface area contributed by atoms with Gasteiger partial charge in [-0.1, -0.05) is 6.07 Å². The lowest BCUT2D eigenvalue weighted by molar-refractivity contribution is 0.118. The molecule has 2 unspecified atom stereocenters. The molecule has 2 N–H and O–H groups in total. The van der Waals surface area contributed by atoms with E-state index in [0.717, 1.165) is 25.3 Å². The van der Waals surface area contributed by atoms with E-state index in [1.54, 1.807) is 0 Å². The number of pyridine rings is 1. The van der Waals surface area contributed by atoms with Gasteiger partial charge in [0.1, 0.15) is 5.82 Å². The molecule has 0 radical (unpaired) electrons. The monoisotopic (exact) mass is 235 g/mol. The maximum atomic E-state index is 5.64. The van der Waals surface area contributed by atoms with E-state index in [4.69, 9.17) is 10.5 Å². The Kier molecular flexibility index (Phi) is 3.97. The van der Waals surface area contributed by atoms with E-state index in [0.29, 0.717) is 12.6 Å². The fraction of sp³-hybridized carbons (Fsp3) is 0.615. The van der Waals surface area contributed by atoms with Crippen molar-refractivity contribution in [3.63, 3.8) is 0 Å². The smallest absolute Gasteiger partial charge is 0.131 e. The van der Waals surface area contributed by atoms with Gasteiger partial charge in [-0.3, -0.25) is 0 Å². The molecule has 0 saturated carbocycles. The number of hydrogen-bond acceptors (Lipinski definition) is 4. The van der Waals surface area contributed by atoms with Crippen LogP contribution in [0.15, 0.2) is 18.3 Å². The van der Waals surface area contributed by atoms with Crippen LogP contribution in [0.5, 0.6) is 0 Å². The number of nitrogens with zero attached hydrogens (tertiary/aromatic N) is 2. The van der Waals surface area contributed by atoms with Crippen LogP contribution < -0.4 is 10.6 Å². The molecule has 1 aliphatic rings. The summed E-state index contributed by atoms with van der Waals surface area (Å²) in [4.78, 5) is 6.73. The van der Waals surface area contributed by atoms with E-state index in [1.807, 2.05) is 12.3 Å². The number of nitrogens with two attached hydrogens (primary N) is 1. The van der Waals surface area contributed by atoms with Crippen molar-refractivity contribution < 1.29 is 4.74 Å². The van der Waals surface area contributed by atoms with Gasteiger partial charge >= 0.3 is 0 Å². The Morgan fingerprint density at radius 2 is 2.41 bits per heavy atom. The quantitative estimate of drug-likeness (QED) is 0.852. The highest BCUT2D eigenvalue weighted by molar-refractivity contribution is 5.47. The minimum atomic E-state index is 0.271. The Morgan fingerprint density at radius 1 is 1.59 bits per heavy atom. The maximum absolute atomic E-state index is 5.64. The average Bonchev–Trinajstić information content (AvgIpc) is 2.76. The molecule has 0 aliphatic carbocycles. The zero-order chi connectivity index (χ0) is 12.3. The van der Waals surface area contributed by atoms with Gasteiger partial charge in [-0.25, -0.2) is 4.98 Å². The molecule has 2 heterocycles. The first-order valence-corrected chi connectivity index (χ1v) is 6.22. The molecule has 94 valence electrons. The van der Waals surface area contributed by atoms with Crippen molar-refractivity contribution in [2.75, 3.05) is 25.1 Å². The molecular formula is C13H21N3O. The Labute approximate surface area is 103 Å². The predicted molar refractivity (Wildman–Crippen MR) is 69.2 cm³/mol. The zero-order valence-electron chi connectivity index (χ0n) is 10.6. The molecule has 0 amide bonds. The standard InChI is InChI=1S/C13H21N3O/c1-10-12(6-9-17-10)16(2)13-11(5-7-14)4-3-8-15-13/h3-4,8,10,12H,5-7,9,14H2,1-2H3. The minimum Gasteiger partial charge on any atom is -0.376 e. The van der Waals surface area contributed by atoms with Crippen LogP contribution in [0.3, 0.4) is 0 Å². The molecule has 0 aromatic carbocycles. The summed E-state index contributed by atoms with van der Waals surface area (Å²) in [5.41, 5.74) is 6.86. The second kappa shape index (κ2) is 5.47. The summed E-state index contributed by atoms with van der Waals surface area (Å²) in [6.45, 7) is 3.62. The Morgan fingerprint density at radius 3 is 3.06 bits per heavy atom. The molecule has 1 aromatic heterocycles. The number of ether oxygens (including phenoxy) is 1. The fourth-order valence-corrected chi connectivity index (χ4v) is 2.48. The second-order valence-corrected chi connectivity index (χ2v) is 4.57. The molecule has 1 fully saturated rings. The molecule has 0 spiro atoms. The Bertz CT molecular complexity index is 369. The third-order valence-corrected chi connectivity index (χ3v) is 3.45. The number of aromatic nitrogens is 1. The van der Waals surface area contributed by atoms with Crippen LogP contribution in [-0.2, 0) is 11.2 Å². The third-order valence-electron chi connectivity index (χ3n) is 3.45. The van der Waals surface area contributed by atoms with Crippen LogP contribution in [0.1, 0.15) is 18.9 Å². The van der Waals surface area contributed by atoms with Crippen LogP contribution in [0.2, 0.25) is 0 Å². The molecule has 4 heteroatoms. The van der Waals surface area contributed by atoms with Gasteiger partial charge in [-0.05, 0) is 37.9 Å². The topological polar surface area (TPSA) is 51.4 Å². The number of likely N-dealkylation sites (N-methyl/N-ethyl adjacent to an activating group) is 1. The summed E-state index contributed by atoms with van der Waals surface area (Å²) in [6, 6.07) is 4.49. The summed E-state index contributed by atoms with van der Waals surface area (Å²) in [7, 11) is 2.10. The maximum Gasteiger partial charge on any atom is 0.131 e. The first-order chi connectivity index (χ1) is 8.24. The highest BCUT2D eigenvalue weighted by Crippen LogP contribution is 2.25. The van der Waals surface area contributed by atoms with Crippen molar-refractivity contribution in [3.05, 3.63) is 23.9 Å². The molecule has 17 heavy (non-hydrogen) atoms. The summed E-state index contributed by atoms with van der Waals surface area (Å²) in [5, 5.41) is 0. The van der Waals surface area contributed by atoms with Crippen LogP contribution in [0, 0.1) is 0 Å². The largest absolute Gasteiger partial charge is 0.376 e. The lowest BCUT2D eigenvalue weighted by atomic mass is 10.1. The fourth-order valence-electron chi connectivity index (χ4n) is 2.48. The van der Waals surface area contributed by atoms with Crippen LogP contribution >= 0.6 is 0 Å². The van der Waals surface area contributed by atoms with E-state index < -0.39 is 0 Å². The van der Waals surface area contributed by atoms with Gasteiger partial charge in [0.15, 0.2) is 0 Å². The average molecular weight is 235 g/mol. The van der Waals surface area contributed by atoms with Crippen LogP contribution in [-0.4, -0.2) is 37.3 Å². The van der Waals surface area contributed by atoms with Crippen molar-refractivity contribution in [2.24, 2.45) is 5.73 Å². The SMILES string of the molecule is CC1OCCC1N(C)c1ncccc1CCN. The highest BCUT2D eigenvalue weighted by atomic mass is 16.5. The lowest BCUT2D eigenvalue weighted by Gasteiger charge is -2.29. The normalized spacial score (nSPS) is 23.9. The van der Waals surface area contributed by atoms with Crippen molar-refractivity contribution >= 4 is 5.82 Å². The summed E-state index contributed by atoms with van der Waals surface area (Å²) in [5.74, 6) is 1.04. The highest BCUT2D eigenvalue weighted by Gasteiger charge is 2.29. The summed E-state index contributed by atoms with van der Waals surface area (Å²) >= 11 is 0. The molecule has 2 rings (SSSR count). The van der Waals surface area contributed by atoms with Crippen molar-refractivity contribution in [1.29, 1.82) is 0 Å². The molecule has 0 bridgehead atoms. The minimum absolute atomic E-state index is 0.271. The van der Waals surface area contributed by atoms with Crippen LogP contribution in [0.4, 0.5) is 5.82 Å². The van der Waals surface area contributed by atoms with Crippen LogP contribution in [0.25, 0.3) is 0 Å². The molecular weight excluding hydrogens is 214 g/mol. The zero-order valence-corrected chi connectivity index (χ0v) is 10.6. The second-order valence-electron chi connectivity index (χ2n) is 4.57. The predicted octanol–water partition coefficient (Wildman–Crippen LogP) is 1.20.